The van der Waals surface area contributed by atoms with Crippen LogP contribution in [0.5, 0.6) is 0 Å². The number of nitrogens with one attached hydrogen (secondary N) is 2. The molecule has 7 nitrogen and oxygen atoms in total. The summed E-state index contributed by atoms with van der Waals surface area (Å²) in [6, 6.07) is -0.286. The Morgan fingerprint density at radius 1 is 1.44 bits per heavy atom. The third-order valence-corrected chi connectivity index (χ3v) is 5.22. The minimum Gasteiger partial charge on any atom is -0.386 e. The molecule has 1 saturated carbocycles. The molecule has 1 aliphatic rings. The number of rotatable bonds is 7. The van der Waals surface area contributed by atoms with Crippen LogP contribution in [0.25, 0.3) is 0 Å². The molecule has 0 radical (unpaired) electrons. The lowest BCUT2D eigenvalue weighted by Gasteiger charge is -2.23. The Hall–Kier alpha value is -1.95. The van der Waals surface area contributed by atoms with Crippen molar-refractivity contribution in [1.82, 2.24) is 15.6 Å². The highest BCUT2D eigenvalue weighted by Crippen LogP contribution is 2.22. The first kappa shape index (κ1) is 19.4. The molecular weight excluding hydrogens is 342 g/mol. The van der Waals surface area contributed by atoms with E-state index in [-0.39, 0.29) is 30.5 Å². The summed E-state index contributed by atoms with van der Waals surface area (Å²) >= 11 is 1.16. The molecule has 1 aliphatic carbocycles. The normalized spacial score (nSPS) is 22.0. The average molecular weight is 365 g/mol. The second-order valence-electron chi connectivity index (χ2n) is 6.02. The molecule has 1 fully saturated rings. The molecule has 25 heavy (non-hydrogen) atoms. The molecule has 136 valence electrons. The Labute approximate surface area is 151 Å². The van der Waals surface area contributed by atoms with Crippen molar-refractivity contribution < 1.29 is 19.4 Å². The first-order valence-electron chi connectivity index (χ1n) is 8.22. The van der Waals surface area contributed by atoms with Crippen molar-refractivity contribution in [2.45, 2.75) is 57.4 Å². The Kier molecular flexibility index (Phi) is 6.93. The first-order chi connectivity index (χ1) is 11.9. The highest BCUT2D eigenvalue weighted by molar-refractivity contribution is 7.13. The molecule has 0 aliphatic heterocycles. The van der Waals surface area contributed by atoms with Crippen LogP contribution in [0.3, 0.4) is 0 Å². The Morgan fingerprint density at radius 2 is 2.12 bits per heavy atom. The molecule has 1 aromatic rings. The zero-order valence-electron chi connectivity index (χ0n) is 14.3. The van der Waals surface area contributed by atoms with Crippen molar-refractivity contribution in [3.05, 3.63) is 16.1 Å². The van der Waals surface area contributed by atoms with Crippen molar-refractivity contribution in [1.29, 1.82) is 0 Å². The smallest absolute Gasteiger partial charge is 0.263 e. The molecule has 3 N–H and O–H groups in total. The Morgan fingerprint density at radius 3 is 2.72 bits per heavy atom. The number of hydrogen-bond acceptors (Lipinski definition) is 6. The number of amides is 2. The number of nitrogens with zero attached hydrogens (tertiary/aromatic N) is 1. The topological polar surface area (TPSA) is 101 Å². The molecular formula is C17H23N3O4S. The number of carbonyl (C=O) groups excluding carboxylic acids is 2. The third-order valence-electron chi connectivity index (χ3n) is 4.05. The van der Waals surface area contributed by atoms with E-state index in [1.54, 1.807) is 13.8 Å². The van der Waals surface area contributed by atoms with Crippen LogP contribution in [0.1, 0.15) is 53.9 Å². The van der Waals surface area contributed by atoms with Crippen LogP contribution in [0.2, 0.25) is 0 Å². The van der Waals surface area contributed by atoms with Crippen LogP contribution in [-0.2, 0) is 9.53 Å². The van der Waals surface area contributed by atoms with Gasteiger partial charge in [0.05, 0.1) is 6.20 Å². The van der Waals surface area contributed by atoms with Gasteiger partial charge in [0.1, 0.15) is 28.7 Å². The monoisotopic (exact) mass is 365 g/mol. The number of carbonyl (C=O) groups is 2. The summed E-state index contributed by atoms with van der Waals surface area (Å²) in [7, 11) is 0. The maximum absolute atomic E-state index is 12.4. The molecule has 1 aromatic heterocycles. The van der Waals surface area contributed by atoms with E-state index in [1.165, 1.54) is 6.20 Å². The number of aliphatic hydroxyl groups excluding tert-OH is 1. The molecule has 2 unspecified atom stereocenters. The number of aliphatic hydroxyl groups is 1. The number of aromatic nitrogens is 1. The Balaban J connectivity index is 1.91. The van der Waals surface area contributed by atoms with Gasteiger partial charge < -0.3 is 20.5 Å². The maximum Gasteiger partial charge on any atom is 0.263 e. The zero-order chi connectivity index (χ0) is 18.4. The summed E-state index contributed by atoms with van der Waals surface area (Å²) in [6.45, 7) is 3.33. The lowest BCUT2D eigenvalue weighted by molar-refractivity contribution is -0.131. The van der Waals surface area contributed by atoms with Crippen LogP contribution >= 0.6 is 11.3 Å². The van der Waals surface area contributed by atoms with Crippen LogP contribution in [0.15, 0.2) is 6.20 Å². The quantitative estimate of drug-likeness (QED) is 0.626. The van der Waals surface area contributed by atoms with Gasteiger partial charge in [-0.25, -0.2) is 4.98 Å². The molecule has 2 rings (SSSR count). The Bertz CT molecular complexity index is 653. The van der Waals surface area contributed by atoms with Crippen molar-refractivity contribution in [3.8, 4) is 12.3 Å². The standard InChI is InChI=1S/C17H23N3O4S/c1-4-8-24-11(3)15(22)19-12-6-5-7-13(12)20-16(23)14-9-18-17(25-14)10(2)21/h1,9-13,21H,5-8H2,2-3H3,(H,19,22)(H,20,23)/t10?,11?,12-,13-/m1/s1. The fraction of sp³-hybridized carbons (Fsp3) is 0.588. The summed E-state index contributed by atoms with van der Waals surface area (Å²) in [5.41, 5.74) is 0. The van der Waals surface area contributed by atoms with E-state index < -0.39 is 12.2 Å². The van der Waals surface area contributed by atoms with E-state index in [4.69, 9.17) is 11.2 Å². The van der Waals surface area contributed by atoms with Crippen molar-refractivity contribution in [2.75, 3.05) is 6.61 Å². The first-order valence-corrected chi connectivity index (χ1v) is 9.04. The maximum atomic E-state index is 12.4. The van der Waals surface area contributed by atoms with Gasteiger partial charge in [-0.15, -0.1) is 17.8 Å². The van der Waals surface area contributed by atoms with Gasteiger partial charge in [0, 0.05) is 12.1 Å². The van der Waals surface area contributed by atoms with E-state index in [0.29, 0.717) is 9.88 Å². The van der Waals surface area contributed by atoms with Crippen LogP contribution < -0.4 is 10.6 Å². The van der Waals surface area contributed by atoms with E-state index in [2.05, 4.69) is 21.5 Å². The fourth-order valence-electron chi connectivity index (χ4n) is 2.68. The highest BCUT2D eigenvalue weighted by Gasteiger charge is 2.31. The second-order valence-corrected chi connectivity index (χ2v) is 7.08. The van der Waals surface area contributed by atoms with Crippen LogP contribution in [0, 0.1) is 12.3 Å². The second kappa shape index (κ2) is 8.94. The lowest BCUT2D eigenvalue weighted by Crippen LogP contribution is -2.50. The molecule has 0 spiro atoms. The zero-order valence-corrected chi connectivity index (χ0v) is 15.1. The molecule has 0 aromatic carbocycles. The van der Waals surface area contributed by atoms with Crippen molar-refractivity contribution >= 4 is 23.2 Å². The molecule has 8 heteroatoms. The fourth-order valence-corrected chi connectivity index (χ4v) is 3.44. The lowest BCUT2D eigenvalue weighted by atomic mass is 10.1. The highest BCUT2D eigenvalue weighted by atomic mass is 32.1. The number of terminal acetylenes is 1. The summed E-state index contributed by atoms with van der Waals surface area (Å²) in [5, 5.41) is 15.9. The van der Waals surface area contributed by atoms with E-state index in [0.717, 1.165) is 30.6 Å². The van der Waals surface area contributed by atoms with Gasteiger partial charge in [0.15, 0.2) is 0 Å². The van der Waals surface area contributed by atoms with Crippen molar-refractivity contribution in [3.63, 3.8) is 0 Å². The molecule has 1 heterocycles. The predicted molar refractivity (Wildman–Crippen MR) is 94.0 cm³/mol. The van der Waals surface area contributed by atoms with E-state index in [1.807, 2.05) is 0 Å². The summed E-state index contributed by atoms with van der Waals surface area (Å²) in [6.07, 6.45) is 7.74. The van der Waals surface area contributed by atoms with Crippen molar-refractivity contribution in [2.24, 2.45) is 0 Å². The van der Waals surface area contributed by atoms with Gasteiger partial charge in [-0.2, -0.15) is 0 Å². The summed E-state index contributed by atoms with van der Waals surface area (Å²) in [5.74, 6) is 1.84. The largest absolute Gasteiger partial charge is 0.386 e. The molecule has 0 saturated heterocycles. The van der Waals surface area contributed by atoms with E-state index in [9.17, 15) is 14.7 Å². The van der Waals surface area contributed by atoms with Gasteiger partial charge in [-0.1, -0.05) is 5.92 Å². The summed E-state index contributed by atoms with van der Waals surface area (Å²) < 4.78 is 5.21. The minimum absolute atomic E-state index is 0.0798. The van der Waals surface area contributed by atoms with Gasteiger partial charge in [0.25, 0.3) is 5.91 Å². The third kappa shape index (κ3) is 5.26. The van der Waals surface area contributed by atoms with E-state index >= 15 is 0 Å². The molecule has 0 bridgehead atoms. The number of thiazole rings is 1. The predicted octanol–water partition coefficient (Wildman–Crippen LogP) is 1.00. The van der Waals surface area contributed by atoms with Crippen LogP contribution in [-0.4, -0.2) is 46.7 Å². The van der Waals surface area contributed by atoms with Gasteiger partial charge in [-0.3, -0.25) is 9.59 Å². The van der Waals surface area contributed by atoms with Gasteiger partial charge in [0.2, 0.25) is 5.91 Å². The number of hydrogen-bond donors (Lipinski definition) is 3. The van der Waals surface area contributed by atoms with Crippen LogP contribution in [0.4, 0.5) is 0 Å². The van der Waals surface area contributed by atoms with Gasteiger partial charge in [-0.05, 0) is 33.1 Å². The van der Waals surface area contributed by atoms with Gasteiger partial charge >= 0.3 is 0 Å². The summed E-state index contributed by atoms with van der Waals surface area (Å²) in [4.78, 5) is 29.0. The number of ether oxygens (including phenoxy) is 1. The average Bonchev–Trinajstić information content (AvgIpc) is 3.22. The SMILES string of the molecule is C#CCOC(C)C(=O)N[C@@H]1CCC[C@H]1NC(=O)c1cnc(C(C)O)s1. The molecule has 2 amide bonds. The molecule has 4 atom stereocenters. The minimum atomic E-state index is -0.699.